The van der Waals surface area contributed by atoms with Crippen LogP contribution in [0.25, 0.3) is 11.1 Å². The molecule has 1 aromatic heterocycles. The first kappa shape index (κ1) is 17.2. The Morgan fingerprint density at radius 3 is 2.16 bits per heavy atom. The molecule has 0 aliphatic rings. The lowest BCUT2D eigenvalue weighted by Gasteiger charge is -2.01. The van der Waals surface area contributed by atoms with Gasteiger partial charge in [0, 0.05) is 5.69 Å². The molecule has 1 N–H and O–H groups in total. The maximum Gasteiger partial charge on any atom is 0.286 e. The van der Waals surface area contributed by atoms with Crippen molar-refractivity contribution < 1.29 is 13.6 Å². The molecule has 0 aliphatic heterocycles. The van der Waals surface area contributed by atoms with Gasteiger partial charge in [0.25, 0.3) is 5.91 Å². The summed E-state index contributed by atoms with van der Waals surface area (Å²) in [6.07, 6.45) is 1.60. The lowest BCUT2D eigenvalue weighted by atomic mass is 10.2. The quantitative estimate of drug-likeness (QED) is 0.710. The molecule has 1 amide bonds. The van der Waals surface area contributed by atoms with E-state index in [1.54, 1.807) is 18.2 Å². The first-order chi connectivity index (χ1) is 12.0. The van der Waals surface area contributed by atoms with Crippen LogP contribution in [0.3, 0.4) is 0 Å². The molecule has 0 saturated carbocycles. The Bertz CT molecular complexity index is 924. The standard InChI is InChI=1S/C17H10ClF2N3OS/c18-14(9-10-1-3-11(19)4-2-10)16-22-23-17(25-16)15(24)21-13-7-5-12(20)6-8-13/h1-9H,(H,21,24)/b14-9-. The Labute approximate surface area is 150 Å². The first-order valence-electron chi connectivity index (χ1n) is 7.05. The van der Waals surface area contributed by atoms with Crippen molar-refractivity contribution in [3.63, 3.8) is 0 Å². The number of nitrogens with one attached hydrogen (secondary N) is 1. The zero-order valence-corrected chi connectivity index (χ0v) is 14.1. The molecule has 0 spiro atoms. The summed E-state index contributed by atoms with van der Waals surface area (Å²) in [6, 6.07) is 11.1. The topological polar surface area (TPSA) is 54.9 Å². The summed E-state index contributed by atoms with van der Waals surface area (Å²) < 4.78 is 25.8. The van der Waals surface area contributed by atoms with E-state index >= 15 is 0 Å². The van der Waals surface area contributed by atoms with Crippen molar-refractivity contribution in [2.24, 2.45) is 0 Å². The van der Waals surface area contributed by atoms with E-state index in [1.807, 2.05) is 0 Å². The maximum atomic E-state index is 12.9. The highest BCUT2D eigenvalue weighted by atomic mass is 35.5. The maximum absolute atomic E-state index is 12.9. The van der Waals surface area contributed by atoms with Gasteiger partial charge in [0.15, 0.2) is 5.01 Å². The van der Waals surface area contributed by atoms with E-state index in [-0.39, 0.29) is 15.9 Å². The Kier molecular flexibility index (Phi) is 5.16. The second-order valence-corrected chi connectivity index (χ2v) is 6.30. The number of amides is 1. The summed E-state index contributed by atoms with van der Waals surface area (Å²) >= 11 is 7.19. The Balaban J connectivity index is 1.73. The molecule has 2 aromatic carbocycles. The number of anilines is 1. The second kappa shape index (κ2) is 7.50. The molecule has 0 unspecified atom stereocenters. The average molecular weight is 378 g/mol. The molecule has 126 valence electrons. The van der Waals surface area contributed by atoms with E-state index in [0.717, 1.165) is 11.3 Å². The van der Waals surface area contributed by atoms with Crippen molar-refractivity contribution in [1.29, 1.82) is 0 Å². The van der Waals surface area contributed by atoms with Gasteiger partial charge < -0.3 is 5.32 Å². The van der Waals surface area contributed by atoms with E-state index in [9.17, 15) is 13.6 Å². The van der Waals surface area contributed by atoms with Gasteiger partial charge >= 0.3 is 0 Å². The number of hydrogen-bond acceptors (Lipinski definition) is 4. The number of benzene rings is 2. The summed E-state index contributed by atoms with van der Waals surface area (Å²) in [5.74, 6) is -1.21. The van der Waals surface area contributed by atoms with Crippen molar-refractivity contribution in [2.45, 2.75) is 0 Å². The minimum absolute atomic E-state index is 0.116. The monoisotopic (exact) mass is 377 g/mol. The summed E-state index contributed by atoms with van der Waals surface area (Å²) in [7, 11) is 0. The Morgan fingerprint density at radius 1 is 0.960 bits per heavy atom. The molecular formula is C17H10ClF2N3OS. The Morgan fingerprint density at radius 2 is 1.52 bits per heavy atom. The molecular weight excluding hydrogens is 368 g/mol. The third-order valence-corrected chi connectivity index (χ3v) is 4.44. The van der Waals surface area contributed by atoms with E-state index < -0.39 is 11.7 Å². The fourth-order valence-electron chi connectivity index (χ4n) is 1.90. The van der Waals surface area contributed by atoms with Crippen LogP contribution in [-0.2, 0) is 0 Å². The largest absolute Gasteiger partial charge is 0.320 e. The van der Waals surface area contributed by atoms with Crippen LogP contribution >= 0.6 is 22.9 Å². The fourth-order valence-corrected chi connectivity index (χ4v) is 2.82. The highest BCUT2D eigenvalue weighted by Gasteiger charge is 2.15. The number of aromatic nitrogens is 2. The first-order valence-corrected chi connectivity index (χ1v) is 8.24. The van der Waals surface area contributed by atoms with Crippen molar-refractivity contribution in [2.75, 3.05) is 5.32 Å². The van der Waals surface area contributed by atoms with E-state index in [0.29, 0.717) is 16.3 Å². The molecule has 4 nitrogen and oxygen atoms in total. The number of carbonyl (C=O) groups is 1. The summed E-state index contributed by atoms with van der Waals surface area (Å²) in [5, 5.41) is 11.0. The van der Waals surface area contributed by atoms with Crippen LogP contribution in [0.2, 0.25) is 0 Å². The van der Waals surface area contributed by atoms with Crippen LogP contribution in [0, 0.1) is 11.6 Å². The molecule has 3 aromatic rings. The van der Waals surface area contributed by atoms with E-state index in [2.05, 4.69) is 15.5 Å². The van der Waals surface area contributed by atoms with Crippen molar-refractivity contribution in [3.8, 4) is 0 Å². The van der Waals surface area contributed by atoms with Gasteiger partial charge in [-0.15, -0.1) is 10.2 Å². The van der Waals surface area contributed by atoms with Gasteiger partial charge in [0.05, 0.1) is 5.03 Å². The number of nitrogens with zero attached hydrogens (tertiary/aromatic N) is 2. The van der Waals surface area contributed by atoms with Crippen LogP contribution < -0.4 is 5.32 Å². The van der Waals surface area contributed by atoms with Gasteiger partial charge in [0.1, 0.15) is 11.6 Å². The third kappa shape index (κ3) is 4.46. The number of halogens is 3. The van der Waals surface area contributed by atoms with Crippen LogP contribution in [0.4, 0.5) is 14.5 Å². The highest BCUT2D eigenvalue weighted by molar-refractivity contribution is 7.15. The minimum atomic E-state index is -0.471. The van der Waals surface area contributed by atoms with Gasteiger partial charge in [-0.2, -0.15) is 0 Å². The van der Waals surface area contributed by atoms with Gasteiger partial charge in [-0.1, -0.05) is 35.1 Å². The molecule has 25 heavy (non-hydrogen) atoms. The second-order valence-electron chi connectivity index (χ2n) is 4.92. The molecule has 8 heteroatoms. The summed E-state index contributed by atoms with van der Waals surface area (Å²) in [6.45, 7) is 0. The molecule has 3 rings (SSSR count). The van der Waals surface area contributed by atoms with Crippen LogP contribution in [0.1, 0.15) is 20.4 Å². The molecule has 0 aliphatic carbocycles. The van der Waals surface area contributed by atoms with Crippen molar-refractivity contribution in [1.82, 2.24) is 10.2 Å². The fraction of sp³-hybridized carbons (Fsp3) is 0. The van der Waals surface area contributed by atoms with Crippen LogP contribution in [0.5, 0.6) is 0 Å². The number of hydrogen-bond donors (Lipinski definition) is 1. The molecule has 0 radical (unpaired) electrons. The van der Waals surface area contributed by atoms with Crippen LogP contribution in [-0.4, -0.2) is 16.1 Å². The SMILES string of the molecule is O=C(Nc1ccc(F)cc1)c1nnc(/C(Cl)=C/c2ccc(F)cc2)s1. The molecule has 0 bridgehead atoms. The van der Waals surface area contributed by atoms with Gasteiger partial charge in [0.2, 0.25) is 5.01 Å². The molecule has 0 fully saturated rings. The van der Waals surface area contributed by atoms with Gasteiger partial charge in [-0.05, 0) is 48.0 Å². The molecule has 0 saturated heterocycles. The Hall–Kier alpha value is -2.64. The zero-order valence-electron chi connectivity index (χ0n) is 12.5. The van der Waals surface area contributed by atoms with E-state index in [1.165, 1.54) is 36.4 Å². The third-order valence-electron chi connectivity index (χ3n) is 3.09. The van der Waals surface area contributed by atoms with Crippen molar-refractivity contribution >= 4 is 45.6 Å². The predicted octanol–water partition coefficient (Wildman–Crippen LogP) is 4.81. The molecule has 1 heterocycles. The average Bonchev–Trinajstić information content (AvgIpc) is 3.09. The summed E-state index contributed by atoms with van der Waals surface area (Å²) in [5.41, 5.74) is 1.13. The summed E-state index contributed by atoms with van der Waals surface area (Å²) in [4.78, 5) is 12.1. The molecule has 0 atom stereocenters. The van der Waals surface area contributed by atoms with E-state index in [4.69, 9.17) is 11.6 Å². The normalized spacial score (nSPS) is 11.4. The highest BCUT2D eigenvalue weighted by Crippen LogP contribution is 2.25. The lowest BCUT2D eigenvalue weighted by Crippen LogP contribution is -2.11. The minimum Gasteiger partial charge on any atom is -0.320 e. The predicted molar refractivity (Wildman–Crippen MR) is 94.4 cm³/mol. The number of rotatable bonds is 4. The van der Waals surface area contributed by atoms with Crippen molar-refractivity contribution in [3.05, 3.63) is 75.7 Å². The lowest BCUT2D eigenvalue weighted by molar-refractivity contribution is 0.102. The smallest absolute Gasteiger partial charge is 0.286 e. The van der Waals surface area contributed by atoms with Crippen LogP contribution in [0.15, 0.2) is 48.5 Å². The number of carbonyl (C=O) groups excluding carboxylic acids is 1. The van der Waals surface area contributed by atoms with Gasteiger partial charge in [-0.3, -0.25) is 4.79 Å². The zero-order chi connectivity index (χ0) is 17.8. The van der Waals surface area contributed by atoms with Gasteiger partial charge in [-0.25, -0.2) is 8.78 Å².